The average molecular weight is 191 g/mol. The van der Waals surface area contributed by atoms with Gasteiger partial charge in [-0.2, -0.15) is 0 Å². The summed E-state index contributed by atoms with van der Waals surface area (Å²) in [5.41, 5.74) is 3.65. The number of nitrogens with one attached hydrogen (secondary N) is 1. The molecule has 1 aliphatic heterocycles. The molecule has 14 heavy (non-hydrogen) atoms. The first-order chi connectivity index (χ1) is 6.72. The summed E-state index contributed by atoms with van der Waals surface area (Å²) < 4.78 is 0. The van der Waals surface area contributed by atoms with Crippen molar-refractivity contribution in [1.29, 1.82) is 0 Å². The zero-order valence-corrected chi connectivity index (χ0v) is 9.09. The molecule has 0 radical (unpaired) electrons. The Balaban J connectivity index is 2.41. The van der Waals surface area contributed by atoms with Crippen LogP contribution in [-0.2, 0) is 13.1 Å². The topological polar surface area (TPSA) is 37.8 Å². The van der Waals surface area contributed by atoms with Gasteiger partial charge >= 0.3 is 0 Å². The van der Waals surface area contributed by atoms with Crippen molar-refractivity contribution in [2.24, 2.45) is 0 Å². The first kappa shape index (κ1) is 9.59. The fraction of sp³-hybridized carbons (Fsp3) is 0.636. The second-order valence-electron chi connectivity index (χ2n) is 4.01. The Kier molecular flexibility index (Phi) is 2.50. The Labute approximate surface area is 85.0 Å². The molecule has 0 spiro atoms. The van der Waals surface area contributed by atoms with Crippen LogP contribution in [0.3, 0.4) is 0 Å². The number of aryl methyl sites for hydroxylation is 1. The van der Waals surface area contributed by atoms with Crippen molar-refractivity contribution in [1.82, 2.24) is 15.3 Å². The van der Waals surface area contributed by atoms with Crippen LogP contribution in [0, 0.1) is 6.92 Å². The van der Waals surface area contributed by atoms with E-state index < -0.39 is 0 Å². The van der Waals surface area contributed by atoms with Gasteiger partial charge in [-0.25, -0.2) is 9.97 Å². The predicted molar refractivity (Wildman–Crippen MR) is 56.0 cm³/mol. The van der Waals surface area contributed by atoms with Crippen molar-refractivity contribution in [3.63, 3.8) is 0 Å². The molecule has 3 nitrogen and oxygen atoms in total. The third-order valence-electron chi connectivity index (χ3n) is 2.96. The second-order valence-corrected chi connectivity index (χ2v) is 4.01. The molecule has 1 N–H and O–H groups in total. The molecule has 76 valence electrons. The summed E-state index contributed by atoms with van der Waals surface area (Å²) in [4.78, 5) is 9.18. The third-order valence-corrected chi connectivity index (χ3v) is 2.96. The lowest BCUT2D eigenvalue weighted by Gasteiger charge is -2.10. The Hall–Kier alpha value is -0.960. The second kappa shape index (κ2) is 3.65. The Morgan fingerprint density at radius 1 is 1.36 bits per heavy atom. The van der Waals surface area contributed by atoms with E-state index in [9.17, 15) is 0 Å². The fourth-order valence-electron chi connectivity index (χ4n) is 1.76. The molecule has 1 aromatic rings. The van der Waals surface area contributed by atoms with E-state index in [4.69, 9.17) is 0 Å². The quantitative estimate of drug-likeness (QED) is 0.776. The molecule has 0 saturated carbocycles. The maximum absolute atomic E-state index is 4.61. The summed E-state index contributed by atoms with van der Waals surface area (Å²) >= 11 is 0. The van der Waals surface area contributed by atoms with Crippen molar-refractivity contribution in [3.8, 4) is 0 Å². The van der Waals surface area contributed by atoms with Crippen molar-refractivity contribution in [2.75, 3.05) is 0 Å². The first-order valence-electron chi connectivity index (χ1n) is 5.29. The van der Waals surface area contributed by atoms with Gasteiger partial charge in [-0.1, -0.05) is 13.8 Å². The Morgan fingerprint density at radius 2 is 2.14 bits per heavy atom. The normalized spacial score (nSPS) is 16.8. The molecule has 0 aliphatic carbocycles. The van der Waals surface area contributed by atoms with Crippen molar-refractivity contribution in [3.05, 3.63) is 22.8 Å². The van der Waals surface area contributed by atoms with Crippen molar-refractivity contribution < 1.29 is 0 Å². The molecule has 1 unspecified atom stereocenters. The molecule has 1 atom stereocenters. The summed E-state index contributed by atoms with van der Waals surface area (Å²) in [7, 11) is 0. The molecule has 0 amide bonds. The van der Waals surface area contributed by atoms with E-state index in [0.29, 0.717) is 5.92 Å². The van der Waals surface area contributed by atoms with Gasteiger partial charge in [0.05, 0.1) is 5.69 Å². The van der Waals surface area contributed by atoms with Crippen LogP contribution in [0.2, 0.25) is 0 Å². The van der Waals surface area contributed by atoms with Crippen LogP contribution < -0.4 is 5.32 Å². The van der Waals surface area contributed by atoms with E-state index in [-0.39, 0.29) is 0 Å². The molecule has 0 fully saturated rings. The zero-order valence-electron chi connectivity index (χ0n) is 9.09. The van der Waals surface area contributed by atoms with Gasteiger partial charge in [0.15, 0.2) is 0 Å². The molecule has 3 heteroatoms. The lowest BCUT2D eigenvalue weighted by atomic mass is 10.1. The number of aromatic nitrogens is 2. The highest BCUT2D eigenvalue weighted by Crippen LogP contribution is 2.21. The Bertz CT molecular complexity index is 347. The highest BCUT2D eigenvalue weighted by atomic mass is 15.0. The minimum atomic E-state index is 0.472. The summed E-state index contributed by atoms with van der Waals surface area (Å²) in [6, 6.07) is 0. The summed E-state index contributed by atoms with van der Waals surface area (Å²) in [6.45, 7) is 8.28. The summed E-state index contributed by atoms with van der Waals surface area (Å²) in [5.74, 6) is 1.48. The van der Waals surface area contributed by atoms with Gasteiger partial charge < -0.3 is 5.32 Å². The van der Waals surface area contributed by atoms with Crippen molar-refractivity contribution in [2.45, 2.75) is 46.2 Å². The standard InChI is InChI=1S/C11H17N3/c1-4-7(2)11-13-8(3)9-5-12-6-10(9)14-11/h7,12H,4-6H2,1-3H3. The minimum Gasteiger partial charge on any atom is -0.307 e. The molecule has 1 aliphatic rings. The van der Waals surface area contributed by atoms with Gasteiger partial charge in [-0.05, 0) is 13.3 Å². The van der Waals surface area contributed by atoms with E-state index in [1.165, 1.54) is 11.3 Å². The van der Waals surface area contributed by atoms with E-state index in [2.05, 4.69) is 36.1 Å². The van der Waals surface area contributed by atoms with Crippen LogP contribution in [0.25, 0.3) is 0 Å². The van der Waals surface area contributed by atoms with Gasteiger partial charge in [0.25, 0.3) is 0 Å². The van der Waals surface area contributed by atoms with Crippen LogP contribution >= 0.6 is 0 Å². The van der Waals surface area contributed by atoms with Gasteiger partial charge in [0.1, 0.15) is 5.82 Å². The molecule has 0 saturated heterocycles. The van der Waals surface area contributed by atoms with Crippen LogP contribution in [0.15, 0.2) is 0 Å². The van der Waals surface area contributed by atoms with Crippen LogP contribution in [0.5, 0.6) is 0 Å². The van der Waals surface area contributed by atoms with Gasteiger partial charge in [-0.3, -0.25) is 0 Å². The highest BCUT2D eigenvalue weighted by molar-refractivity contribution is 5.28. The van der Waals surface area contributed by atoms with E-state index in [1.807, 2.05) is 0 Å². The SMILES string of the molecule is CCC(C)c1nc(C)c2c(n1)CNC2. The fourth-order valence-corrected chi connectivity index (χ4v) is 1.76. The molecular formula is C11H17N3. The van der Waals surface area contributed by atoms with E-state index >= 15 is 0 Å². The molecule has 1 aromatic heterocycles. The minimum absolute atomic E-state index is 0.472. The van der Waals surface area contributed by atoms with Gasteiger partial charge in [0.2, 0.25) is 0 Å². The smallest absolute Gasteiger partial charge is 0.131 e. The number of rotatable bonds is 2. The summed E-state index contributed by atoms with van der Waals surface area (Å²) in [6.07, 6.45) is 1.10. The summed E-state index contributed by atoms with van der Waals surface area (Å²) in [5, 5.41) is 3.31. The van der Waals surface area contributed by atoms with E-state index in [0.717, 1.165) is 31.0 Å². The molecule has 2 rings (SSSR count). The van der Waals surface area contributed by atoms with Crippen LogP contribution in [-0.4, -0.2) is 9.97 Å². The average Bonchev–Trinajstić information content (AvgIpc) is 2.64. The number of fused-ring (bicyclic) bond motifs is 1. The van der Waals surface area contributed by atoms with Gasteiger partial charge in [0, 0.05) is 30.3 Å². The predicted octanol–water partition coefficient (Wildman–Crippen LogP) is 1.90. The van der Waals surface area contributed by atoms with Crippen LogP contribution in [0.4, 0.5) is 0 Å². The van der Waals surface area contributed by atoms with E-state index in [1.54, 1.807) is 0 Å². The molecular weight excluding hydrogens is 174 g/mol. The largest absolute Gasteiger partial charge is 0.307 e. The first-order valence-corrected chi connectivity index (χ1v) is 5.29. The lowest BCUT2D eigenvalue weighted by molar-refractivity contribution is 0.666. The van der Waals surface area contributed by atoms with Crippen LogP contribution in [0.1, 0.15) is 49.0 Å². The molecule has 2 heterocycles. The lowest BCUT2D eigenvalue weighted by Crippen LogP contribution is -2.06. The molecule has 0 bridgehead atoms. The maximum atomic E-state index is 4.61. The number of hydrogen-bond acceptors (Lipinski definition) is 3. The Morgan fingerprint density at radius 3 is 2.86 bits per heavy atom. The number of hydrogen-bond donors (Lipinski definition) is 1. The van der Waals surface area contributed by atoms with Gasteiger partial charge in [-0.15, -0.1) is 0 Å². The zero-order chi connectivity index (χ0) is 10.1. The number of nitrogens with zero attached hydrogens (tertiary/aromatic N) is 2. The molecule has 0 aromatic carbocycles. The van der Waals surface area contributed by atoms with Crippen molar-refractivity contribution >= 4 is 0 Å². The highest BCUT2D eigenvalue weighted by Gasteiger charge is 2.17. The monoisotopic (exact) mass is 191 g/mol. The third kappa shape index (κ3) is 1.52. The maximum Gasteiger partial charge on any atom is 0.131 e.